The first-order chi connectivity index (χ1) is 14.6. The summed E-state index contributed by atoms with van der Waals surface area (Å²) in [5, 5.41) is 2.55. The minimum absolute atomic E-state index is 0.129. The van der Waals surface area contributed by atoms with Crippen molar-refractivity contribution in [3.05, 3.63) is 48.0 Å². The van der Waals surface area contributed by atoms with E-state index in [0.717, 1.165) is 19.5 Å². The zero-order valence-corrected chi connectivity index (χ0v) is 18.3. The van der Waals surface area contributed by atoms with Crippen molar-refractivity contribution in [3.63, 3.8) is 0 Å². The molecule has 2 aromatic carbocycles. The summed E-state index contributed by atoms with van der Waals surface area (Å²) < 4.78 is 5.00. The molecule has 0 spiro atoms. The topological polar surface area (TPSA) is 49.9 Å². The molecule has 0 N–H and O–H groups in total. The van der Waals surface area contributed by atoms with Gasteiger partial charge >= 0.3 is 5.97 Å². The summed E-state index contributed by atoms with van der Waals surface area (Å²) in [6, 6.07) is 15.5. The number of rotatable bonds is 12. The number of amides is 1. The number of carbonyl (C=O) groups excluding carboxylic acids is 2. The van der Waals surface area contributed by atoms with Crippen LogP contribution in [0.3, 0.4) is 0 Å². The molecule has 5 heteroatoms. The van der Waals surface area contributed by atoms with Crippen LogP contribution in [0, 0.1) is 0 Å². The Morgan fingerprint density at radius 1 is 0.967 bits per heavy atom. The number of hydrogen-bond donors (Lipinski definition) is 0. The molecule has 0 bridgehead atoms. The van der Waals surface area contributed by atoms with Crippen LogP contribution in [0.5, 0.6) is 0 Å². The Hall–Kier alpha value is -2.40. The van der Waals surface area contributed by atoms with Gasteiger partial charge in [0.2, 0.25) is 5.91 Å². The standard InChI is InChI=1S/C25H34N2O3/c1-3-16-26(18-15-25(29)30-4-2)24(28)14-17-27(22-12-13-22)19-21-10-7-9-20-8-5-6-11-23(20)21/h5-11,22H,3-4,12-19H2,1-2H3. The Balaban J connectivity index is 1.59. The van der Waals surface area contributed by atoms with E-state index in [1.807, 2.05) is 4.90 Å². The Labute approximate surface area is 180 Å². The van der Waals surface area contributed by atoms with Crippen molar-refractivity contribution in [1.82, 2.24) is 9.80 Å². The number of ether oxygens (including phenoxy) is 1. The second-order valence-corrected chi connectivity index (χ2v) is 8.03. The van der Waals surface area contributed by atoms with E-state index in [0.29, 0.717) is 32.2 Å². The zero-order valence-electron chi connectivity index (χ0n) is 18.3. The van der Waals surface area contributed by atoms with Crippen LogP contribution in [0.1, 0.15) is 51.5 Å². The van der Waals surface area contributed by atoms with E-state index in [2.05, 4.69) is 54.3 Å². The molecular formula is C25H34N2O3. The van der Waals surface area contributed by atoms with Gasteiger partial charge in [0.05, 0.1) is 13.0 Å². The first-order valence-corrected chi connectivity index (χ1v) is 11.3. The van der Waals surface area contributed by atoms with Gasteiger partial charge in [-0.2, -0.15) is 0 Å². The zero-order chi connectivity index (χ0) is 21.3. The first kappa shape index (κ1) is 22.3. The van der Waals surface area contributed by atoms with Crippen LogP contribution >= 0.6 is 0 Å². The van der Waals surface area contributed by atoms with E-state index in [1.54, 1.807) is 6.92 Å². The van der Waals surface area contributed by atoms with Crippen molar-refractivity contribution in [2.24, 2.45) is 0 Å². The summed E-state index contributed by atoms with van der Waals surface area (Å²) in [4.78, 5) is 28.8. The van der Waals surface area contributed by atoms with Crippen LogP contribution in [0.25, 0.3) is 10.8 Å². The van der Waals surface area contributed by atoms with Crippen LogP contribution in [-0.2, 0) is 20.9 Å². The van der Waals surface area contributed by atoms with E-state index in [-0.39, 0.29) is 18.3 Å². The molecule has 162 valence electrons. The monoisotopic (exact) mass is 410 g/mol. The van der Waals surface area contributed by atoms with E-state index in [9.17, 15) is 9.59 Å². The number of esters is 1. The normalized spacial score (nSPS) is 13.6. The summed E-state index contributed by atoms with van der Waals surface area (Å²) in [6.45, 7) is 6.99. The van der Waals surface area contributed by atoms with Crippen molar-refractivity contribution >= 4 is 22.6 Å². The van der Waals surface area contributed by atoms with Gasteiger partial charge in [-0.1, -0.05) is 49.4 Å². The first-order valence-electron chi connectivity index (χ1n) is 11.3. The molecule has 1 saturated carbocycles. The van der Waals surface area contributed by atoms with Crippen LogP contribution in [-0.4, -0.2) is 54.0 Å². The molecule has 0 unspecified atom stereocenters. The maximum Gasteiger partial charge on any atom is 0.307 e. The predicted molar refractivity (Wildman–Crippen MR) is 120 cm³/mol. The smallest absolute Gasteiger partial charge is 0.307 e. The molecule has 0 saturated heterocycles. The van der Waals surface area contributed by atoms with Crippen molar-refractivity contribution < 1.29 is 14.3 Å². The van der Waals surface area contributed by atoms with Gasteiger partial charge in [-0.25, -0.2) is 0 Å². The van der Waals surface area contributed by atoms with Gasteiger partial charge in [-0.05, 0) is 42.5 Å². The molecule has 0 radical (unpaired) electrons. The van der Waals surface area contributed by atoms with Gasteiger partial charge in [-0.15, -0.1) is 0 Å². The summed E-state index contributed by atoms with van der Waals surface area (Å²) >= 11 is 0. The number of hydrogen-bond acceptors (Lipinski definition) is 4. The molecule has 1 aliphatic rings. The highest BCUT2D eigenvalue weighted by molar-refractivity contribution is 5.85. The van der Waals surface area contributed by atoms with Crippen molar-refractivity contribution in [1.29, 1.82) is 0 Å². The highest BCUT2D eigenvalue weighted by Crippen LogP contribution is 2.30. The van der Waals surface area contributed by atoms with E-state index in [4.69, 9.17) is 4.74 Å². The Kier molecular flexibility index (Phi) is 8.26. The van der Waals surface area contributed by atoms with E-state index >= 15 is 0 Å². The highest BCUT2D eigenvalue weighted by atomic mass is 16.5. The molecule has 0 aliphatic heterocycles. The number of nitrogens with zero attached hydrogens (tertiary/aromatic N) is 2. The molecule has 1 aliphatic carbocycles. The maximum atomic E-state index is 12.9. The number of carbonyl (C=O) groups is 2. The van der Waals surface area contributed by atoms with Crippen LogP contribution in [0.4, 0.5) is 0 Å². The molecule has 0 heterocycles. The SMILES string of the molecule is CCCN(CCC(=O)OCC)C(=O)CCN(Cc1cccc2ccccc12)C1CC1. The Morgan fingerprint density at radius 2 is 1.73 bits per heavy atom. The summed E-state index contributed by atoms with van der Waals surface area (Å²) in [5.41, 5.74) is 1.32. The van der Waals surface area contributed by atoms with Gasteiger partial charge in [0.1, 0.15) is 0 Å². The van der Waals surface area contributed by atoms with E-state index < -0.39 is 0 Å². The molecule has 3 rings (SSSR count). The molecule has 0 atom stereocenters. The molecule has 5 nitrogen and oxygen atoms in total. The third kappa shape index (κ3) is 6.30. The van der Waals surface area contributed by atoms with Crippen LogP contribution < -0.4 is 0 Å². The minimum atomic E-state index is -0.234. The fraction of sp³-hybridized carbons (Fsp3) is 0.520. The average molecular weight is 411 g/mol. The van der Waals surface area contributed by atoms with E-state index in [1.165, 1.54) is 29.2 Å². The van der Waals surface area contributed by atoms with Gasteiger partial charge in [0.15, 0.2) is 0 Å². The minimum Gasteiger partial charge on any atom is -0.466 e. The largest absolute Gasteiger partial charge is 0.466 e. The second kappa shape index (κ2) is 11.1. The Bertz CT molecular complexity index is 842. The Morgan fingerprint density at radius 3 is 2.47 bits per heavy atom. The summed E-state index contributed by atoms with van der Waals surface area (Å²) in [5.74, 6) is -0.105. The lowest BCUT2D eigenvalue weighted by Crippen LogP contribution is -2.37. The van der Waals surface area contributed by atoms with Gasteiger partial charge < -0.3 is 9.64 Å². The lowest BCUT2D eigenvalue weighted by Gasteiger charge is -2.26. The number of fused-ring (bicyclic) bond motifs is 1. The third-order valence-electron chi connectivity index (χ3n) is 5.67. The fourth-order valence-corrected chi connectivity index (χ4v) is 3.97. The molecular weight excluding hydrogens is 376 g/mol. The molecule has 1 fully saturated rings. The maximum absolute atomic E-state index is 12.9. The lowest BCUT2D eigenvalue weighted by molar-refractivity contribution is -0.144. The third-order valence-corrected chi connectivity index (χ3v) is 5.67. The van der Waals surface area contributed by atoms with Gasteiger partial charge in [0.25, 0.3) is 0 Å². The van der Waals surface area contributed by atoms with Crippen LogP contribution in [0.2, 0.25) is 0 Å². The van der Waals surface area contributed by atoms with Crippen molar-refractivity contribution in [3.8, 4) is 0 Å². The summed E-state index contributed by atoms with van der Waals surface area (Å²) in [6.07, 6.45) is 4.06. The van der Waals surface area contributed by atoms with Gasteiger partial charge in [0, 0.05) is 38.6 Å². The quantitative estimate of drug-likeness (QED) is 0.487. The number of benzene rings is 2. The summed E-state index contributed by atoms with van der Waals surface area (Å²) in [7, 11) is 0. The van der Waals surface area contributed by atoms with Crippen molar-refractivity contribution in [2.45, 2.75) is 58.5 Å². The second-order valence-electron chi connectivity index (χ2n) is 8.03. The molecule has 30 heavy (non-hydrogen) atoms. The highest BCUT2D eigenvalue weighted by Gasteiger charge is 2.29. The predicted octanol–water partition coefficient (Wildman–Crippen LogP) is 4.39. The molecule has 1 amide bonds. The lowest BCUT2D eigenvalue weighted by atomic mass is 10.0. The fourth-order valence-electron chi connectivity index (χ4n) is 3.97. The van der Waals surface area contributed by atoms with Crippen molar-refractivity contribution in [2.75, 3.05) is 26.2 Å². The van der Waals surface area contributed by atoms with Gasteiger partial charge in [-0.3, -0.25) is 14.5 Å². The average Bonchev–Trinajstić information content (AvgIpc) is 3.59. The van der Waals surface area contributed by atoms with Crippen LogP contribution in [0.15, 0.2) is 42.5 Å². The molecule has 0 aromatic heterocycles. The molecule has 2 aromatic rings.